The van der Waals surface area contributed by atoms with E-state index in [1.807, 2.05) is 0 Å². The molecule has 0 amide bonds. The van der Waals surface area contributed by atoms with Gasteiger partial charge in [-0.25, -0.2) is 0 Å². The van der Waals surface area contributed by atoms with E-state index in [9.17, 15) is 0 Å². The summed E-state index contributed by atoms with van der Waals surface area (Å²) in [6.45, 7) is 5.08. The minimum absolute atomic E-state index is 0.456. The van der Waals surface area contributed by atoms with Gasteiger partial charge < -0.3 is 15.4 Å². The van der Waals surface area contributed by atoms with Crippen molar-refractivity contribution < 1.29 is 4.74 Å². The van der Waals surface area contributed by atoms with Crippen LogP contribution in [-0.2, 0) is 4.74 Å². The molecule has 2 N–H and O–H groups in total. The highest BCUT2D eigenvalue weighted by Crippen LogP contribution is 2.19. The molecule has 0 aliphatic carbocycles. The van der Waals surface area contributed by atoms with Gasteiger partial charge in [-0.2, -0.15) is 0 Å². The predicted molar refractivity (Wildman–Crippen MR) is 54.7 cm³/mol. The summed E-state index contributed by atoms with van der Waals surface area (Å²) in [6, 6.07) is 0. The monoisotopic (exact) mass is 186 g/mol. The molecule has 13 heavy (non-hydrogen) atoms. The molecule has 0 saturated carbocycles. The number of ether oxygens (including phenoxy) is 1. The zero-order valence-corrected chi connectivity index (χ0v) is 8.83. The number of nitrogens with two attached hydrogens (primary N) is 1. The predicted octanol–water partition coefficient (Wildman–Crippen LogP) is 0.834. The van der Waals surface area contributed by atoms with Gasteiger partial charge in [-0.15, -0.1) is 0 Å². The zero-order valence-electron chi connectivity index (χ0n) is 8.83. The molecule has 0 aromatic rings. The maximum absolute atomic E-state index is 5.74. The molecule has 78 valence electrons. The summed E-state index contributed by atoms with van der Waals surface area (Å²) in [5.41, 5.74) is 5.45. The van der Waals surface area contributed by atoms with E-state index in [0.717, 1.165) is 26.1 Å². The van der Waals surface area contributed by atoms with Crippen LogP contribution in [0.3, 0.4) is 0 Å². The van der Waals surface area contributed by atoms with Crippen LogP contribution in [0.5, 0.6) is 0 Å². The first-order valence-corrected chi connectivity index (χ1v) is 5.26. The summed E-state index contributed by atoms with van der Waals surface area (Å²) in [4.78, 5) is 2.32. The molecule has 0 aromatic heterocycles. The molecule has 1 aliphatic heterocycles. The average Bonchev–Trinajstić information content (AvgIpc) is 2.48. The van der Waals surface area contributed by atoms with Crippen molar-refractivity contribution in [1.82, 2.24) is 4.90 Å². The molecule has 1 heterocycles. The Labute approximate surface area is 81.2 Å². The molecule has 1 rings (SSSR count). The zero-order chi connectivity index (χ0) is 9.68. The third kappa shape index (κ3) is 4.07. The van der Waals surface area contributed by atoms with Crippen molar-refractivity contribution in [3.63, 3.8) is 0 Å². The molecule has 0 aromatic carbocycles. The maximum atomic E-state index is 5.74. The van der Waals surface area contributed by atoms with Crippen LogP contribution in [0.4, 0.5) is 0 Å². The second kappa shape index (κ2) is 5.58. The van der Waals surface area contributed by atoms with Crippen LogP contribution in [0, 0.1) is 0 Å². The molecule has 0 spiro atoms. The SMILES string of the molecule is CC1CCC(CN(C)CCCN)O1. The van der Waals surface area contributed by atoms with Gasteiger partial charge >= 0.3 is 0 Å². The van der Waals surface area contributed by atoms with Crippen LogP contribution >= 0.6 is 0 Å². The molecule has 1 aliphatic rings. The maximum Gasteiger partial charge on any atom is 0.0706 e. The smallest absolute Gasteiger partial charge is 0.0706 e. The number of likely N-dealkylation sites (N-methyl/N-ethyl adjacent to an activating group) is 1. The molecule has 0 bridgehead atoms. The van der Waals surface area contributed by atoms with Gasteiger partial charge in [0.1, 0.15) is 0 Å². The lowest BCUT2D eigenvalue weighted by atomic mass is 10.2. The molecular formula is C10H22N2O. The highest BCUT2D eigenvalue weighted by Gasteiger charge is 2.22. The molecule has 3 heteroatoms. The van der Waals surface area contributed by atoms with Crippen LogP contribution in [0.2, 0.25) is 0 Å². The minimum atomic E-state index is 0.456. The van der Waals surface area contributed by atoms with Gasteiger partial charge in [0, 0.05) is 6.54 Å². The standard InChI is InChI=1S/C10H22N2O/c1-9-4-5-10(13-9)8-12(2)7-3-6-11/h9-10H,3-8,11H2,1-2H3. The number of rotatable bonds is 5. The van der Waals surface area contributed by atoms with Crippen molar-refractivity contribution in [2.24, 2.45) is 5.73 Å². The van der Waals surface area contributed by atoms with E-state index in [2.05, 4.69) is 18.9 Å². The van der Waals surface area contributed by atoms with E-state index in [4.69, 9.17) is 10.5 Å². The Bertz CT molecular complexity index is 141. The molecule has 1 fully saturated rings. The molecule has 2 unspecified atom stereocenters. The summed E-state index contributed by atoms with van der Waals surface area (Å²) >= 11 is 0. The van der Waals surface area contributed by atoms with Gasteiger partial charge in [-0.1, -0.05) is 0 Å². The van der Waals surface area contributed by atoms with E-state index in [1.165, 1.54) is 12.8 Å². The first-order valence-electron chi connectivity index (χ1n) is 5.26. The van der Waals surface area contributed by atoms with E-state index < -0.39 is 0 Å². The third-order valence-corrected chi connectivity index (χ3v) is 2.58. The fourth-order valence-electron chi connectivity index (χ4n) is 1.82. The molecular weight excluding hydrogens is 164 g/mol. The fourth-order valence-corrected chi connectivity index (χ4v) is 1.82. The summed E-state index contributed by atoms with van der Waals surface area (Å²) in [5, 5.41) is 0. The Morgan fingerprint density at radius 2 is 2.23 bits per heavy atom. The molecule has 1 saturated heterocycles. The van der Waals surface area contributed by atoms with Crippen molar-refractivity contribution in [3.8, 4) is 0 Å². The van der Waals surface area contributed by atoms with Crippen molar-refractivity contribution in [1.29, 1.82) is 0 Å². The van der Waals surface area contributed by atoms with Crippen molar-refractivity contribution in [3.05, 3.63) is 0 Å². The van der Waals surface area contributed by atoms with Gasteiger partial charge in [0.2, 0.25) is 0 Å². The first kappa shape index (κ1) is 11.0. The van der Waals surface area contributed by atoms with E-state index in [1.54, 1.807) is 0 Å². The Balaban J connectivity index is 2.09. The van der Waals surface area contributed by atoms with Gasteiger partial charge in [0.05, 0.1) is 12.2 Å². The highest BCUT2D eigenvalue weighted by atomic mass is 16.5. The lowest BCUT2D eigenvalue weighted by Gasteiger charge is -2.20. The largest absolute Gasteiger partial charge is 0.374 e. The normalized spacial score (nSPS) is 28.6. The summed E-state index contributed by atoms with van der Waals surface area (Å²) in [7, 11) is 2.14. The van der Waals surface area contributed by atoms with Gasteiger partial charge in [-0.3, -0.25) is 0 Å². The Hall–Kier alpha value is -0.120. The summed E-state index contributed by atoms with van der Waals surface area (Å²) < 4.78 is 5.74. The number of nitrogens with zero attached hydrogens (tertiary/aromatic N) is 1. The van der Waals surface area contributed by atoms with Crippen molar-refractivity contribution >= 4 is 0 Å². The van der Waals surface area contributed by atoms with Crippen LogP contribution in [0.25, 0.3) is 0 Å². The topological polar surface area (TPSA) is 38.5 Å². The Kier molecular flexibility index (Phi) is 4.70. The minimum Gasteiger partial charge on any atom is -0.374 e. The molecule has 0 radical (unpaired) electrons. The Morgan fingerprint density at radius 3 is 2.77 bits per heavy atom. The average molecular weight is 186 g/mol. The lowest BCUT2D eigenvalue weighted by Crippen LogP contribution is -2.30. The third-order valence-electron chi connectivity index (χ3n) is 2.58. The van der Waals surface area contributed by atoms with Crippen LogP contribution in [-0.4, -0.2) is 43.8 Å². The van der Waals surface area contributed by atoms with Crippen molar-refractivity contribution in [2.45, 2.75) is 38.4 Å². The Morgan fingerprint density at radius 1 is 1.46 bits per heavy atom. The lowest BCUT2D eigenvalue weighted by molar-refractivity contribution is 0.0364. The van der Waals surface area contributed by atoms with Crippen LogP contribution < -0.4 is 5.73 Å². The van der Waals surface area contributed by atoms with E-state index in [0.29, 0.717) is 12.2 Å². The number of hydrogen-bond acceptors (Lipinski definition) is 3. The summed E-state index contributed by atoms with van der Waals surface area (Å²) in [5.74, 6) is 0. The first-order chi connectivity index (χ1) is 6.22. The highest BCUT2D eigenvalue weighted by molar-refractivity contribution is 4.73. The second-order valence-electron chi connectivity index (χ2n) is 4.05. The van der Waals surface area contributed by atoms with Gasteiger partial charge in [0.25, 0.3) is 0 Å². The van der Waals surface area contributed by atoms with Crippen molar-refractivity contribution in [2.75, 3.05) is 26.7 Å². The van der Waals surface area contributed by atoms with E-state index >= 15 is 0 Å². The van der Waals surface area contributed by atoms with Crippen LogP contribution in [0.15, 0.2) is 0 Å². The number of hydrogen-bond donors (Lipinski definition) is 1. The quantitative estimate of drug-likeness (QED) is 0.691. The van der Waals surface area contributed by atoms with Crippen LogP contribution in [0.1, 0.15) is 26.2 Å². The van der Waals surface area contributed by atoms with Gasteiger partial charge in [-0.05, 0) is 46.3 Å². The molecule has 3 nitrogen and oxygen atoms in total. The summed E-state index contributed by atoms with van der Waals surface area (Å²) in [6.07, 6.45) is 4.44. The van der Waals surface area contributed by atoms with Gasteiger partial charge in [0.15, 0.2) is 0 Å². The fraction of sp³-hybridized carbons (Fsp3) is 1.00. The second-order valence-corrected chi connectivity index (χ2v) is 4.05. The molecule has 2 atom stereocenters. The van der Waals surface area contributed by atoms with E-state index in [-0.39, 0.29) is 0 Å².